The number of carbonyl (C=O) groups excluding carboxylic acids is 2. The number of carbonyl (C=O) groups is 2. The molecule has 3 amide bonds. The highest BCUT2D eigenvalue weighted by atomic mass is 16.2. The van der Waals surface area contributed by atoms with Crippen LogP contribution in [-0.2, 0) is 4.79 Å². The molecule has 2 heterocycles. The van der Waals surface area contributed by atoms with E-state index in [4.69, 9.17) is 6.42 Å². The Morgan fingerprint density at radius 1 is 1.29 bits per heavy atom. The zero-order valence-electron chi connectivity index (χ0n) is 14.5. The predicted octanol–water partition coefficient (Wildman–Crippen LogP) is 3.09. The number of terminal acetylenes is 1. The molecule has 6 nitrogen and oxygen atoms in total. The number of hydrogen-bond acceptors (Lipinski definition) is 4. The standard InChI is InChI=1S/C18H26N4O2/c1-4-5-9-17(20-21-17)11-12-22-15(23)18(14-6-7-14,19-16(22)24)10-8-13(2)3/h1,13-14H,5-12H2,2-3H3,(H,19,24). The van der Waals surface area contributed by atoms with E-state index in [1.165, 1.54) is 4.90 Å². The Labute approximate surface area is 143 Å². The van der Waals surface area contributed by atoms with Crippen molar-refractivity contribution in [3.05, 3.63) is 0 Å². The predicted molar refractivity (Wildman–Crippen MR) is 90.0 cm³/mol. The first-order chi connectivity index (χ1) is 11.4. The second-order valence-corrected chi connectivity index (χ2v) is 7.70. The van der Waals surface area contributed by atoms with Gasteiger partial charge in [0.25, 0.3) is 5.91 Å². The van der Waals surface area contributed by atoms with Crippen LogP contribution in [0.4, 0.5) is 4.79 Å². The van der Waals surface area contributed by atoms with E-state index < -0.39 is 11.2 Å². The van der Waals surface area contributed by atoms with E-state index in [1.54, 1.807) is 0 Å². The quantitative estimate of drug-likeness (QED) is 0.521. The molecular formula is C18H26N4O2. The normalized spacial score (nSPS) is 27.5. The van der Waals surface area contributed by atoms with Crippen molar-refractivity contribution in [1.82, 2.24) is 10.2 Å². The first kappa shape index (κ1) is 16.9. The van der Waals surface area contributed by atoms with Gasteiger partial charge < -0.3 is 5.32 Å². The van der Waals surface area contributed by atoms with Gasteiger partial charge in [-0.15, -0.1) is 12.3 Å². The van der Waals surface area contributed by atoms with E-state index in [0.717, 1.165) is 25.7 Å². The molecule has 2 aliphatic heterocycles. The maximum atomic E-state index is 13.0. The van der Waals surface area contributed by atoms with Crippen LogP contribution < -0.4 is 5.32 Å². The average molecular weight is 330 g/mol. The van der Waals surface area contributed by atoms with Crippen molar-refractivity contribution in [3.63, 3.8) is 0 Å². The molecule has 130 valence electrons. The summed E-state index contributed by atoms with van der Waals surface area (Å²) in [5, 5.41) is 11.2. The molecule has 2 fully saturated rings. The smallest absolute Gasteiger partial charge is 0.323 e. The van der Waals surface area contributed by atoms with Crippen molar-refractivity contribution in [2.24, 2.45) is 22.1 Å². The van der Waals surface area contributed by atoms with Gasteiger partial charge >= 0.3 is 6.03 Å². The van der Waals surface area contributed by atoms with Crippen molar-refractivity contribution in [3.8, 4) is 12.3 Å². The number of imide groups is 1. The Bertz CT molecular complexity index is 597. The minimum absolute atomic E-state index is 0.0524. The van der Waals surface area contributed by atoms with E-state index >= 15 is 0 Å². The van der Waals surface area contributed by atoms with Crippen LogP contribution in [0.3, 0.4) is 0 Å². The van der Waals surface area contributed by atoms with Crippen LogP contribution in [0.25, 0.3) is 0 Å². The Morgan fingerprint density at radius 2 is 2.00 bits per heavy atom. The van der Waals surface area contributed by atoms with Crippen molar-refractivity contribution >= 4 is 11.9 Å². The maximum Gasteiger partial charge on any atom is 0.325 e. The molecule has 1 N–H and O–H groups in total. The van der Waals surface area contributed by atoms with Crippen molar-refractivity contribution in [1.29, 1.82) is 0 Å². The van der Waals surface area contributed by atoms with Crippen LogP contribution in [0, 0.1) is 24.2 Å². The molecule has 1 saturated carbocycles. The van der Waals surface area contributed by atoms with Gasteiger partial charge in [0, 0.05) is 25.8 Å². The van der Waals surface area contributed by atoms with Gasteiger partial charge in [-0.05, 0) is 37.5 Å². The van der Waals surface area contributed by atoms with Gasteiger partial charge in [-0.3, -0.25) is 9.69 Å². The van der Waals surface area contributed by atoms with Gasteiger partial charge in [0.05, 0.1) is 0 Å². The number of nitrogens with one attached hydrogen (secondary N) is 1. The van der Waals surface area contributed by atoms with Gasteiger partial charge in [-0.25, -0.2) is 4.79 Å². The SMILES string of the molecule is C#CCCC1(CCN2C(=O)NC(CCC(C)C)(C3CC3)C2=O)N=N1. The van der Waals surface area contributed by atoms with Gasteiger partial charge in [0.2, 0.25) is 0 Å². The third kappa shape index (κ3) is 3.17. The fourth-order valence-electron chi connectivity index (χ4n) is 3.55. The van der Waals surface area contributed by atoms with Gasteiger partial charge in [0.15, 0.2) is 5.66 Å². The summed E-state index contributed by atoms with van der Waals surface area (Å²) in [6.07, 6.45) is 10.9. The summed E-state index contributed by atoms with van der Waals surface area (Å²) in [5.41, 5.74) is -1.14. The molecule has 1 aliphatic carbocycles. The van der Waals surface area contributed by atoms with E-state index in [0.29, 0.717) is 37.6 Å². The molecule has 1 atom stereocenters. The molecule has 0 aromatic heterocycles. The largest absolute Gasteiger partial charge is 0.325 e. The Kier molecular flexibility index (Phi) is 4.37. The number of rotatable bonds is 9. The van der Waals surface area contributed by atoms with Crippen LogP contribution in [0.5, 0.6) is 0 Å². The molecule has 6 heteroatoms. The first-order valence-electron chi connectivity index (χ1n) is 8.94. The topological polar surface area (TPSA) is 74.1 Å². The fourth-order valence-corrected chi connectivity index (χ4v) is 3.55. The molecular weight excluding hydrogens is 304 g/mol. The van der Waals surface area contributed by atoms with Crippen molar-refractivity contribution in [2.75, 3.05) is 6.54 Å². The van der Waals surface area contributed by atoms with Gasteiger partial charge in [-0.1, -0.05) is 13.8 Å². The highest BCUT2D eigenvalue weighted by molar-refractivity contribution is 6.07. The van der Waals surface area contributed by atoms with Gasteiger partial charge in [0.1, 0.15) is 5.54 Å². The summed E-state index contributed by atoms with van der Waals surface area (Å²) in [6.45, 7) is 4.65. The number of nitrogens with zero attached hydrogens (tertiary/aromatic N) is 3. The lowest BCUT2D eigenvalue weighted by molar-refractivity contribution is -0.132. The highest BCUT2D eigenvalue weighted by Gasteiger charge is 2.58. The summed E-state index contributed by atoms with van der Waals surface area (Å²) in [6, 6.07) is -0.261. The summed E-state index contributed by atoms with van der Waals surface area (Å²) in [4.78, 5) is 26.8. The average Bonchev–Trinajstić information content (AvgIpc) is 3.43. The van der Waals surface area contributed by atoms with Crippen molar-refractivity contribution in [2.45, 2.75) is 70.0 Å². The molecule has 0 radical (unpaired) electrons. The summed E-state index contributed by atoms with van der Waals surface area (Å²) in [5.74, 6) is 3.35. The lowest BCUT2D eigenvalue weighted by Gasteiger charge is -2.27. The lowest BCUT2D eigenvalue weighted by Crippen LogP contribution is -2.49. The van der Waals surface area contributed by atoms with E-state index in [9.17, 15) is 9.59 Å². The van der Waals surface area contributed by atoms with Crippen LogP contribution >= 0.6 is 0 Å². The third-order valence-electron chi connectivity index (χ3n) is 5.38. The second-order valence-electron chi connectivity index (χ2n) is 7.70. The Morgan fingerprint density at radius 3 is 2.54 bits per heavy atom. The Hall–Kier alpha value is -1.90. The molecule has 24 heavy (non-hydrogen) atoms. The molecule has 0 aromatic carbocycles. The molecule has 3 aliphatic rings. The molecule has 1 unspecified atom stereocenters. The summed E-state index contributed by atoms with van der Waals surface area (Å²) in [7, 11) is 0. The van der Waals surface area contributed by atoms with Crippen LogP contribution in [0.1, 0.15) is 58.8 Å². The third-order valence-corrected chi connectivity index (χ3v) is 5.38. The first-order valence-corrected chi connectivity index (χ1v) is 8.94. The highest BCUT2D eigenvalue weighted by Crippen LogP contribution is 2.46. The number of hydrogen-bond donors (Lipinski definition) is 1. The maximum absolute atomic E-state index is 13.0. The Balaban J connectivity index is 1.64. The molecule has 0 aromatic rings. The molecule has 0 bridgehead atoms. The van der Waals surface area contributed by atoms with E-state index in [-0.39, 0.29) is 11.9 Å². The van der Waals surface area contributed by atoms with Crippen LogP contribution in [0.15, 0.2) is 10.2 Å². The summed E-state index contributed by atoms with van der Waals surface area (Å²) >= 11 is 0. The second kappa shape index (κ2) is 6.19. The summed E-state index contributed by atoms with van der Waals surface area (Å²) < 4.78 is 0. The van der Waals surface area contributed by atoms with Gasteiger partial charge in [-0.2, -0.15) is 10.2 Å². The van der Waals surface area contributed by atoms with E-state index in [1.807, 2.05) is 0 Å². The van der Waals surface area contributed by atoms with E-state index in [2.05, 4.69) is 35.3 Å². The monoisotopic (exact) mass is 330 g/mol. The lowest BCUT2D eigenvalue weighted by atomic mass is 9.85. The number of urea groups is 1. The molecule has 0 spiro atoms. The number of amides is 3. The van der Waals surface area contributed by atoms with Crippen LogP contribution in [-0.4, -0.2) is 34.6 Å². The fraction of sp³-hybridized carbons (Fsp3) is 0.778. The zero-order chi connectivity index (χ0) is 17.4. The molecule has 3 rings (SSSR count). The van der Waals surface area contributed by atoms with Crippen LogP contribution in [0.2, 0.25) is 0 Å². The minimum Gasteiger partial charge on any atom is -0.323 e. The zero-order valence-corrected chi connectivity index (χ0v) is 14.5. The van der Waals surface area contributed by atoms with Crippen molar-refractivity contribution < 1.29 is 9.59 Å². The minimum atomic E-state index is -0.675. The molecule has 1 saturated heterocycles.